The van der Waals surface area contributed by atoms with Gasteiger partial charge in [-0.25, -0.2) is 8.42 Å². The number of fused-ring (bicyclic) bond motifs is 1. The number of nitrogens with zero attached hydrogens (tertiary/aromatic N) is 2. The van der Waals surface area contributed by atoms with Crippen molar-refractivity contribution in [3.05, 3.63) is 42.2 Å². The van der Waals surface area contributed by atoms with Crippen molar-refractivity contribution in [2.45, 2.75) is 24.3 Å². The van der Waals surface area contributed by atoms with Crippen LogP contribution in [0.25, 0.3) is 0 Å². The molecule has 0 saturated carbocycles. The monoisotopic (exact) mass is 376 g/mol. The third-order valence-electron chi connectivity index (χ3n) is 4.51. The van der Waals surface area contributed by atoms with Crippen molar-refractivity contribution in [2.75, 3.05) is 26.3 Å². The SMILES string of the molecule is Cc1ncccc1O[C@@H]1CCN(S(=O)(=O)c2cccc3c2OCCO3)C1. The van der Waals surface area contributed by atoms with Crippen molar-refractivity contribution >= 4 is 10.0 Å². The molecule has 0 N–H and O–H groups in total. The molecule has 0 unspecified atom stereocenters. The minimum atomic E-state index is -3.68. The Hall–Kier alpha value is -2.32. The van der Waals surface area contributed by atoms with E-state index in [1.54, 1.807) is 30.5 Å². The van der Waals surface area contributed by atoms with Crippen LogP contribution in [0.15, 0.2) is 41.4 Å². The predicted octanol–water partition coefficient (Wildman–Crippen LogP) is 2.00. The van der Waals surface area contributed by atoms with Crippen LogP contribution in [0.2, 0.25) is 0 Å². The molecule has 3 heterocycles. The summed E-state index contributed by atoms with van der Waals surface area (Å²) in [7, 11) is -3.68. The average molecular weight is 376 g/mol. The summed E-state index contributed by atoms with van der Waals surface area (Å²) in [5, 5.41) is 0. The lowest BCUT2D eigenvalue weighted by molar-refractivity contribution is 0.166. The van der Waals surface area contributed by atoms with E-state index in [9.17, 15) is 8.42 Å². The lowest BCUT2D eigenvalue weighted by Crippen LogP contribution is -2.32. The van der Waals surface area contributed by atoms with E-state index in [4.69, 9.17) is 14.2 Å². The first-order valence-electron chi connectivity index (χ1n) is 8.53. The van der Waals surface area contributed by atoms with Crippen molar-refractivity contribution in [1.29, 1.82) is 0 Å². The summed E-state index contributed by atoms with van der Waals surface area (Å²) in [6.07, 6.45) is 2.12. The highest BCUT2D eigenvalue weighted by molar-refractivity contribution is 7.89. The molecule has 4 rings (SSSR count). The predicted molar refractivity (Wildman–Crippen MR) is 94.2 cm³/mol. The van der Waals surface area contributed by atoms with E-state index >= 15 is 0 Å². The molecule has 1 atom stereocenters. The number of hydrogen-bond donors (Lipinski definition) is 0. The second-order valence-electron chi connectivity index (χ2n) is 6.26. The van der Waals surface area contributed by atoms with Crippen molar-refractivity contribution in [3.8, 4) is 17.2 Å². The van der Waals surface area contributed by atoms with Crippen LogP contribution in [0, 0.1) is 6.92 Å². The van der Waals surface area contributed by atoms with Gasteiger partial charge in [0.2, 0.25) is 10.0 Å². The van der Waals surface area contributed by atoms with Gasteiger partial charge in [-0.15, -0.1) is 0 Å². The molecule has 138 valence electrons. The third kappa shape index (κ3) is 3.10. The Labute approximate surface area is 152 Å². The molecule has 0 bridgehead atoms. The van der Waals surface area contributed by atoms with E-state index in [1.165, 1.54) is 4.31 Å². The zero-order chi connectivity index (χ0) is 18.1. The Kier molecular flexibility index (Phi) is 4.46. The summed E-state index contributed by atoms with van der Waals surface area (Å²) in [6, 6.07) is 8.60. The molecule has 0 aliphatic carbocycles. The largest absolute Gasteiger partial charge is 0.487 e. The zero-order valence-electron chi connectivity index (χ0n) is 14.4. The highest BCUT2D eigenvalue weighted by atomic mass is 32.2. The van der Waals surface area contributed by atoms with E-state index in [-0.39, 0.29) is 11.0 Å². The maximum absolute atomic E-state index is 13.1. The number of pyridine rings is 1. The third-order valence-corrected chi connectivity index (χ3v) is 6.40. The normalized spacial score (nSPS) is 20.1. The van der Waals surface area contributed by atoms with Gasteiger partial charge in [0.15, 0.2) is 11.5 Å². The minimum absolute atomic E-state index is 0.146. The lowest BCUT2D eigenvalue weighted by Gasteiger charge is -2.23. The number of ether oxygens (including phenoxy) is 3. The highest BCUT2D eigenvalue weighted by Crippen LogP contribution is 2.38. The van der Waals surface area contributed by atoms with Crippen LogP contribution < -0.4 is 14.2 Å². The number of benzene rings is 1. The average Bonchev–Trinajstić information content (AvgIpc) is 3.12. The van der Waals surface area contributed by atoms with Gasteiger partial charge in [0, 0.05) is 12.7 Å². The maximum atomic E-state index is 13.1. The van der Waals surface area contributed by atoms with Crippen molar-refractivity contribution in [3.63, 3.8) is 0 Å². The molecule has 7 nitrogen and oxygen atoms in total. The fourth-order valence-electron chi connectivity index (χ4n) is 3.17. The molecule has 1 aromatic heterocycles. The van der Waals surface area contributed by atoms with Gasteiger partial charge in [-0.3, -0.25) is 4.98 Å². The fourth-order valence-corrected chi connectivity index (χ4v) is 4.81. The summed E-state index contributed by atoms with van der Waals surface area (Å²) < 4.78 is 44.6. The van der Waals surface area contributed by atoms with E-state index in [1.807, 2.05) is 13.0 Å². The number of aryl methyl sites for hydroxylation is 1. The molecule has 1 aromatic carbocycles. The van der Waals surface area contributed by atoms with Gasteiger partial charge >= 0.3 is 0 Å². The molecule has 2 aliphatic heterocycles. The smallest absolute Gasteiger partial charge is 0.247 e. The Balaban J connectivity index is 1.54. The molecule has 1 saturated heterocycles. The molecular formula is C18H20N2O5S. The topological polar surface area (TPSA) is 78.0 Å². The number of rotatable bonds is 4. The lowest BCUT2D eigenvalue weighted by atomic mass is 10.3. The summed E-state index contributed by atoms with van der Waals surface area (Å²) >= 11 is 0. The van der Waals surface area contributed by atoms with Crippen LogP contribution in [0.3, 0.4) is 0 Å². The van der Waals surface area contributed by atoms with E-state index < -0.39 is 10.0 Å². The first kappa shape index (κ1) is 17.1. The molecule has 26 heavy (non-hydrogen) atoms. The molecule has 2 aromatic rings. The van der Waals surface area contributed by atoms with Crippen LogP contribution in [0.5, 0.6) is 17.2 Å². The summed E-state index contributed by atoms with van der Waals surface area (Å²) in [6.45, 7) is 3.32. The Morgan fingerprint density at radius 2 is 2.04 bits per heavy atom. The van der Waals surface area contributed by atoms with Crippen LogP contribution in [-0.4, -0.2) is 50.1 Å². The summed E-state index contributed by atoms with van der Waals surface area (Å²) in [5.41, 5.74) is 0.788. The maximum Gasteiger partial charge on any atom is 0.247 e. The number of para-hydroxylation sites is 1. The standard InChI is InChI=1S/C18H20N2O5S/c1-13-15(5-3-8-19-13)25-14-7-9-20(12-14)26(21,22)17-6-2-4-16-18(17)24-11-10-23-16/h2-6,8,14H,7,9-12H2,1H3/t14-/m1/s1. The number of aromatic nitrogens is 1. The molecule has 0 radical (unpaired) electrons. The van der Waals surface area contributed by atoms with Crippen molar-refractivity contribution in [1.82, 2.24) is 9.29 Å². The first-order chi connectivity index (χ1) is 12.6. The highest BCUT2D eigenvalue weighted by Gasteiger charge is 2.36. The molecule has 1 fully saturated rings. The first-order valence-corrected chi connectivity index (χ1v) is 9.97. The summed E-state index contributed by atoms with van der Waals surface area (Å²) in [5.74, 6) is 1.45. The van der Waals surface area contributed by atoms with Gasteiger partial charge < -0.3 is 14.2 Å². The van der Waals surface area contributed by atoms with Crippen molar-refractivity contribution in [2.24, 2.45) is 0 Å². The van der Waals surface area contributed by atoms with Gasteiger partial charge in [0.1, 0.15) is 30.0 Å². The second-order valence-corrected chi connectivity index (χ2v) is 8.17. The Morgan fingerprint density at radius 1 is 1.19 bits per heavy atom. The molecule has 8 heteroatoms. The zero-order valence-corrected chi connectivity index (χ0v) is 15.2. The molecule has 2 aliphatic rings. The number of hydrogen-bond acceptors (Lipinski definition) is 6. The number of sulfonamides is 1. The summed E-state index contributed by atoms with van der Waals surface area (Å²) in [4.78, 5) is 4.34. The minimum Gasteiger partial charge on any atom is -0.487 e. The Morgan fingerprint density at radius 3 is 2.88 bits per heavy atom. The van der Waals surface area contributed by atoms with Crippen LogP contribution >= 0.6 is 0 Å². The van der Waals surface area contributed by atoms with Gasteiger partial charge in [-0.05, 0) is 37.6 Å². The second kappa shape index (κ2) is 6.77. The van der Waals surface area contributed by atoms with E-state index in [0.29, 0.717) is 50.0 Å². The van der Waals surface area contributed by atoms with Gasteiger partial charge in [0.25, 0.3) is 0 Å². The van der Waals surface area contributed by atoms with E-state index in [2.05, 4.69) is 4.98 Å². The van der Waals surface area contributed by atoms with Gasteiger partial charge in [0.05, 0.1) is 12.2 Å². The Bertz CT molecular complexity index is 916. The molecule has 0 spiro atoms. The van der Waals surface area contributed by atoms with E-state index in [0.717, 1.165) is 5.69 Å². The van der Waals surface area contributed by atoms with Gasteiger partial charge in [-0.2, -0.15) is 4.31 Å². The quantitative estimate of drug-likeness (QED) is 0.812. The van der Waals surface area contributed by atoms with Gasteiger partial charge in [-0.1, -0.05) is 6.07 Å². The van der Waals surface area contributed by atoms with Crippen LogP contribution in [-0.2, 0) is 10.0 Å². The fraction of sp³-hybridized carbons (Fsp3) is 0.389. The molecular weight excluding hydrogens is 356 g/mol. The van der Waals surface area contributed by atoms with Crippen LogP contribution in [0.1, 0.15) is 12.1 Å². The molecule has 0 amide bonds. The van der Waals surface area contributed by atoms with Crippen molar-refractivity contribution < 1.29 is 22.6 Å². The van der Waals surface area contributed by atoms with Crippen LogP contribution in [0.4, 0.5) is 0 Å².